The van der Waals surface area contributed by atoms with E-state index in [1.807, 2.05) is 0 Å². The Morgan fingerprint density at radius 2 is 0.762 bits per heavy atom. The van der Waals surface area contributed by atoms with Crippen molar-refractivity contribution in [3.8, 4) is 0 Å². The molecule has 0 nitrogen and oxygen atoms in total. The van der Waals surface area contributed by atoms with E-state index in [2.05, 4.69) is 87.3 Å². The van der Waals surface area contributed by atoms with Gasteiger partial charge in [-0.3, -0.25) is 0 Å². The topological polar surface area (TPSA) is 0 Å². The molecule has 0 aromatic heterocycles. The van der Waals surface area contributed by atoms with Crippen LogP contribution in [-0.4, -0.2) is 26.7 Å². The smallest absolute Gasteiger partial charge is 0.358 e. The molecule has 0 spiro atoms. The van der Waals surface area contributed by atoms with Crippen LogP contribution in [0.4, 0.5) is 0 Å². The van der Waals surface area contributed by atoms with Crippen molar-refractivity contribution in [3.05, 3.63) is 75.5 Å². The summed E-state index contributed by atoms with van der Waals surface area (Å²) in [6.07, 6.45) is 0. The van der Waals surface area contributed by atoms with Crippen LogP contribution in [0.25, 0.3) is 0 Å². The molecule has 0 N–H and O–H groups in total. The molecule has 2 aromatic carbocycles. The van der Waals surface area contributed by atoms with Gasteiger partial charge in [-0.2, -0.15) is 0 Å². The molecular formula is C18H30P2Pd+2. The fourth-order valence-electron chi connectivity index (χ4n) is 1.54. The second-order valence-corrected chi connectivity index (χ2v) is 9.89. The van der Waals surface area contributed by atoms with Gasteiger partial charge in [-0.05, 0) is 24.3 Å². The Bertz CT molecular complexity index is 384. The third-order valence-corrected chi connectivity index (χ3v) is 5.68. The minimum absolute atomic E-state index is 0. The molecule has 0 bridgehead atoms. The third-order valence-electron chi connectivity index (χ3n) is 2.70. The zero-order chi connectivity index (χ0) is 13.4. The number of benzene rings is 2. The molecule has 0 fully saturated rings. The van der Waals surface area contributed by atoms with Gasteiger partial charge in [0.25, 0.3) is 0 Å². The molecule has 0 aliphatic rings. The van der Waals surface area contributed by atoms with Crippen molar-refractivity contribution in [2.24, 2.45) is 0 Å². The van der Waals surface area contributed by atoms with E-state index in [-0.39, 0.29) is 51.1 Å². The quantitative estimate of drug-likeness (QED) is 0.386. The molecule has 2 aromatic rings. The maximum atomic E-state index is 2.31. The van der Waals surface area contributed by atoms with E-state index in [0.717, 1.165) is 0 Å². The zero-order valence-corrected chi connectivity index (χ0v) is 17.6. The van der Waals surface area contributed by atoms with Crippen LogP contribution < -0.4 is 10.6 Å². The molecule has 120 valence electrons. The predicted molar refractivity (Wildman–Crippen MR) is 105 cm³/mol. The first-order chi connectivity index (χ1) is 8.61. The van der Waals surface area contributed by atoms with E-state index >= 15 is 0 Å². The van der Waals surface area contributed by atoms with Crippen LogP contribution in [0.15, 0.2) is 60.7 Å². The van der Waals surface area contributed by atoms with E-state index < -0.39 is 0 Å². The van der Waals surface area contributed by atoms with E-state index in [9.17, 15) is 0 Å². The zero-order valence-electron chi connectivity index (χ0n) is 14.1. The van der Waals surface area contributed by atoms with Gasteiger partial charge in [0.1, 0.15) is 0 Å². The first-order valence-electron chi connectivity index (χ1n) is 6.32. The fourth-order valence-corrected chi connectivity index (χ4v) is 3.26. The first kappa shape index (κ1) is 25.9. The van der Waals surface area contributed by atoms with Gasteiger partial charge >= 0.3 is 20.4 Å². The van der Waals surface area contributed by atoms with Crippen LogP contribution in [-0.2, 0) is 20.4 Å². The summed E-state index contributed by atoms with van der Waals surface area (Å²) >= 11 is 0. The molecule has 0 aliphatic heterocycles. The molecule has 0 atom stereocenters. The van der Waals surface area contributed by atoms with Gasteiger partial charge in [0.05, 0.1) is 37.3 Å². The molecule has 0 amide bonds. The van der Waals surface area contributed by atoms with Crippen LogP contribution in [0, 0.1) is 14.9 Å². The van der Waals surface area contributed by atoms with Gasteiger partial charge in [-0.15, -0.1) is 0 Å². The summed E-state index contributed by atoms with van der Waals surface area (Å²) in [4.78, 5) is 0. The van der Waals surface area contributed by atoms with E-state index in [1.165, 1.54) is 10.6 Å². The van der Waals surface area contributed by atoms with Crippen molar-refractivity contribution >= 4 is 26.5 Å². The Hall–Kier alpha value is -0.0377. The standard InChI is InChI=1S/2C8H11P.2CH3.Pd/c2*1-9(2)8-6-4-3-5-7-8;;;/h2*3-7H,1-2H3;2*1H3;/q;;2*-1;+2/p+2. The molecular weight excluding hydrogens is 385 g/mol. The second-order valence-electron chi connectivity index (χ2n) is 4.73. The third kappa shape index (κ3) is 11.2. The number of hydrogen-bond donors (Lipinski definition) is 0. The van der Waals surface area contributed by atoms with E-state index in [0.29, 0.717) is 0 Å². The minimum Gasteiger partial charge on any atom is -0.358 e. The summed E-state index contributed by atoms with van der Waals surface area (Å²) in [6, 6.07) is 21.4. The van der Waals surface area contributed by atoms with E-state index in [4.69, 9.17) is 0 Å². The largest absolute Gasteiger partial charge is 2.00 e. The molecule has 0 aliphatic carbocycles. The molecule has 2 rings (SSSR count). The average molecular weight is 415 g/mol. The van der Waals surface area contributed by atoms with Crippen LogP contribution in [0.1, 0.15) is 0 Å². The van der Waals surface area contributed by atoms with Gasteiger partial charge in [0.2, 0.25) is 0 Å². The van der Waals surface area contributed by atoms with Crippen LogP contribution in [0.2, 0.25) is 0 Å². The number of rotatable bonds is 2. The average Bonchev–Trinajstić information content (AvgIpc) is 2.41. The Morgan fingerprint density at radius 1 is 0.524 bits per heavy atom. The fraction of sp³-hybridized carbons (Fsp3) is 0.222. The SMILES string of the molecule is C[PH+](C)c1ccccc1.C[PH+](C)c1ccccc1.[CH3-].[CH3-].[Pd+2]. The van der Waals surface area contributed by atoms with Gasteiger partial charge < -0.3 is 14.9 Å². The molecule has 0 saturated heterocycles. The summed E-state index contributed by atoms with van der Waals surface area (Å²) in [7, 11) is -0.424. The maximum Gasteiger partial charge on any atom is 2.00 e. The van der Waals surface area contributed by atoms with E-state index in [1.54, 1.807) is 0 Å². The predicted octanol–water partition coefficient (Wildman–Crippen LogP) is 4.47. The van der Waals surface area contributed by atoms with Crippen molar-refractivity contribution in [2.75, 3.05) is 26.7 Å². The summed E-state index contributed by atoms with van der Waals surface area (Å²) in [6.45, 7) is 9.22. The molecule has 3 heteroatoms. The Labute approximate surface area is 148 Å². The van der Waals surface area contributed by atoms with Crippen molar-refractivity contribution in [2.45, 2.75) is 0 Å². The second kappa shape index (κ2) is 14.9. The van der Waals surface area contributed by atoms with Gasteiger partial charge in [-0.1, -0.05) is 36.4 Å². The van der Waals surface area contributed by atoms with Crippen molar-refractivity contribution in [3.63, 3.8) is 0 Å². The minimum atomic E-state index is -0.212. The van der Waals surface area contributed by atoms with Crippen molar-refractivity contribution < 1.29 is 20.4 Å². The molecule has 0 heterocycles. The van der Waals surface area contributed by atoms with Gasteiger partial charge in [0, 0.05) is 15.8 Å². The van der Waals surface area contributed by atoms with Gasteiger partial charge in [0.15, 0.2) is 0 Å². The van der Waals surface area contributed by atoms with Crippen molar-refractivity contribution in [1.29, 1.82) is 0 Å². The monoisotopic (exact) mass is 414 g/mol. The Morgan fingerprint density at radius 3 is 0.905 bits per heavy atom. The van der Waals surface area contributed by atoms with Crippen LogP contribution in [0.3, 0.4) is 0 Å². The molecule has 0 unspecified atom stereocenters. The molecule has 0 saturated carbocycles. The summed E-state index contributed by atoms with van der Waals surface area (Å²) in [5.74, 6) is 0. The van der Waals surface area contributed by atoms with Crippen LogP contribution >= 0.6 is 15.8 Å². The summed E-state index contributed by atoms with van der Waals surface area (Å²) < 4.78 is 0. The normalized spacial score (nSPS) is 8.67. The first-order valence-corrected chi connectivity index (χ1v) is 11.3. The van der Waals surface area contributed by atoms with Crippen LogP contribution in [0.5, 0.6) is 0 Å². The Balaban J connectivity index is -0.000000270. The summed E-state index contributed by atoms with van der Waals surface area (Å²) in [5.41, 5.74) is 0. The molecule has 21 heavy (non-hydrogen) atoms. The molecule has 0 radical (unpaired) electrons. The van der Waals surface area contributed by atoms with Gasteiger partial charge in [-0.25, -0.2) is 0 Å². The maximum absolute atomic E-state index is 2.31. The number of hydrogen-bond acceptors (Lipinski definition) is 0. The Kier molecular flexibility index (Phi) is 18.3. The summed E-state index contributed by atoms with van der Waals surface area (Å²) in [5, 5.41) is 3.03. The van der Waals surface area contributed by atoms with Crippen molar-refractivity contribution in [1.82, 2.24) is 0 Å².